The number of hydrogen-bond acceptors (Lipinski definition) is 3. The van der Waals surface area contributed by atoms with Crippen molar-refractivity contribution >= 4 is 11.9 Å². The summed E-state index contributed by atoms with van der Waals surface area (Å²) in [5.41, 5.74) is 0. The van der Waals surface area contributed by atoms with Crippen LogP contribution in [0.3, 0.4) is 0 Å². The number of rotatable bonds is 6. The van der Waals surface area contributed by atoms with E-state index in [2.05, 4.69) is 13.8 Å². The van der Waals surface area contributed by atoms with E-state index in [0.717, 1.165) is 18.6 Å². The minimum Gasteiger partial charge on any atom is -0.478 e. The minimum absolute atomic E-state index is 0.298. The Morgan fingerprint density at radius 2 is 1.87 bits per heavy atom. The van der Waals surface area contributed by atoms with Gasteiger partial charge in [0.05, 0.1) is 6.61 Å². The first-order chi connectivity index (χ1) is 6.91. The maximum absolute atomic E-state index is 11.0. The Balaban J connectivity index is 3.75. The van der Waals surface area contributed by atoms with Gasteiger partial charge in [-0.05, 0) is 18.3 Å². The second-order valence-electron chi connectivity index (χ2n) is 4.04. The van der Waals surface area contributed by atoms with Gasteiger partial charge in [0.15, 0.2) is 0 Å². The second-order valence-corrected chi connectivity index (χ2v) is 4.04. The van der Waals surface area contributed by atoms with Gasteiger partial charge in [-0.15, -0.1) is 0 Å². The maximum atomic E-state index is 11.0. The molecule has 86 valence electrons. The molecule has 1 atom stereocenters. The Hall–Kier alpha value is -1.32. The fourth-order valence-electron chi connectivity index (χ4n) is 1.28. The Morgan fingerprint density at radius 3 is 2.33 bits per heavy atom. The lowest BCUT2D eigenvalue weighted by Crippen LogP contribution is -2.12. The van der Waals surface area contributed by atoms with E-state index in [1.54, 1.807) is 0 Å². The summed E-state index contributed by atoms with van der Waals surface area (Å²) in [6.07, 6.45) is 2.68. The van der Waals surface area contributed by atoms with Crippen LogP contribution in [0.5, 0.6) is 0 Å². The molecule has 0 aliphatic heterocycles. The topological polar surface area (TPSA) is 63.6 Å². The smallest absolute Gasteiger partial charge is 0.331 e. The highest BCUT2D eigenvalue weighted by Crippen LogP contribution is 2.10. The predicted molar refractivity (Wildman–Crippen MR) is 56.4 cm³/mol. The summed E-state index contributed by atoms with van der Waals surface area (Å²) in [5.74, 6) is -0.893. The van der Waals surface area contributed by atoms with Gasteiger partial charge in [-0.3, -0.25) is 0 Å². The third kappa shape index (κ3) is 9.00. The second kappa shape index (κ2) is 7.04. The monoisotopic (exact) mass is 214 g/mol. The molecule has 4 heteroatoms. The van der Waals surface area contributed by atoms with Crippen LogP contribution in [-0.2, 0) is 14.3 Å². The van der Waals surface area contributed by atoms with Gasteiger partial charge in [0.2, 0.25) is 0 Å². The minimum atomic E-state index is -1.15. The average Bonchev–Trinajstić information content (AvgIpc) is 2.10. The van der Waals surface area contributed by atoms with E-state index in [4.69, 9.17) is 9.84 Å². The van der Waals surface area contributed by atoms with Gasteiger partial charge in [-0.1, -0.05) is 20.8 Å². The fraction of sp³-hybridized carbons (Fsp3) is 0.636. The molecule has 1 unspecified atom stereocenters. The molecule has 0 heterocycles. The highest BCUT2D eigenvalue weighted by atomic mass is 16.5. The lowest BCUT2D eigenvalue weighted by Gasteiger charge is -2.13. The van der Waals surface area contributed by atoms with Crippen molar-refractivity contribution in [2.45, 2.75) is 27.2 Å². The quantitative estimate of drug-likeness (QED) is 0.541. The number of aliphatic carboxylic acids is 1. The zero-order valence-corrected chi connectivity index (χ0v) is 9.40. The van der Waals surface area contributed by atoms with Crippen molar-refractivity contribution in [3.8, 4) is 0 Å². The van der Waals surface area contributed by atoms with E-state index >= 15 is 0 Å². The molecule has 0 aliphatic rings. The van der Waals surface area contributed by atoms with Crippen molar-refractivity contribution in [2.24, 2.45) is 11.8 Å². The lowest BCUT2D eigenvalue weighted by atomic mass is 10.00. The van der Waals surface area contributed by atoms with E-state index in [0.29, 0.717) is 18.4 Å². The number of esters is 1. The molecule has 0 aromatic rings. The average molecular weight is 214 g/mol. The molecule has 0 saturated carbocycles. The molecule has 0 radical (unpaired) electrons. The SMILES string of the molecule is CC(C)CC(C)COC(=O)/C=C\C(=O)O. The zero-order chi connectivity index (χ0) is 11.8. The Morgan fingerprint density at radius 1 is 1.27 bits per heavy atom. The van der Waals surface area contributed by atoms with Gasteiger partial charge in [0, 0.05) is 12.2 Å². The number of carboxylic acid groups (broad SMARTS) is 1. The van der Waals surface area contributed by atoms with Gasteiger partial charge < -0.3 is 9.84 Å². The van der Waals surface area contributed by atoms with Crippen molar-refractivity contribution in [1.29, 1.82) is 0 Å². The van der Waals surface area contributed by atoms with Crippen LogP contribution in [0.4, 0.5) is 0 Å². The number of carboxylic acids is 1. The molecule has 0 amide bonds. The lowest BCUT2D eigenvalue weighted by molar-refractivity contribution is -0.140. The van der Waals surface area contributed by atoms with Crippen molar-refractivity contribution in [3.63, 3.8) is 0 Å². The third-order valence-corrected chi connectivity index (χ3v) is 1.75. The predicted octanol–water partition coefficient (Wildman–Crippen LogP) is 1.85. The first kappa shape index (κ1) is 13.7. The molecular weight excluding hydrogens is 196 g/mol. The maximum Gasteiger partial charge on any atom is 0.331 e. The molecule has 0 fully saturated rings. The molecule has 0 rings (SSSR count). The first-order valence-corrected chi connectivity index (χ1v) is 4.99. The van der Waals surface area contributed by atoms with E-state index in [1.807, 2.05) is 6.92 Å². The van der Waals surface area contributed by atoms with E-state index < -0.39 is 11.9 Å². The van der Waals surface area contributed by atoms with E-state index in [1.165, 1.54) is 0 Å². The van der Waals surface area contributed by atoms with Crippen LogP contribution >= 0.6 is 0 Å². The highest BCUT2D eigenvalue weighted by molar-refractivity contribution is 5.90. The molecule has 0 spiro atoms. The largest absolute Gasteiger partial charge is 0.478 e. The van der Waals surface area contributed by atoms with Crippen molar-refractivity contribution in [3.05, 3.63) is 12.2 Å². The Labute approximate surface area is 89.9 Å². The van der Waals surface area contributed by atoms with Crippen LogP contribution in [0.15, 0.2) is 12.2 Å². The molecular formula is C11H18O4. The normalized spacial score (nSPS) is 13.1. The number of carbonyl (C=O) groups excluding carboxylic acids is 1. The standard InChI is InChI=1S/C11H18O4/c1-8(2)6-9(3)7-15-11(14)5-4-10(12)13/h4-5,8-9H,6-7H2,1-3H3,(H,12,13)/b5-4-. The van der Waals surface area contributed by atoms with Crippen LogP contribution in [0, 0.1) is 11.8 Å². The number of ether oxygens (including phenoxy) is 1. The van der Waals surface area contributed by atoms with Gasteiger partial charge in [-0.25, -0.2) is 9.59 Å². The third-order valence-electron chi connectivity index (χ3n) is 1.75. The number of carbonyl (C=O) groups is 2. The van der Waals surface area contributed by atoms with Crippen molar-refractivity contribution < 1.29 is 19.4 Å². The molecule has 0 aliphatic carbocycles. The molecule has 0 saturated heterocycles. The van der Waals surface area contributed by atoms with Gasteiger partial charge in [0.25, 0.3) is 0 Å². The molecule has 1 N–H and O–H groups in total. The first-order valence-electron chi connectivity index (χ1n) is 4.99. The molecule has 0 aromatic carbocycles. The molecule has 0 bridgehead atoms. The van der Waals surface area contributed by atoms with Crippen LogP contribution in [0.1, 0.15) is 27.2 Å². The van der Waals surface area contributed by atoms with Gasteiger partial charge in [-0.2, -0.15) is 0 Å². The Bertz CT molecular complexity index is 243. The van der Waals surface area contributed by atoms with Crippen molar-refractivity contribution in [2.75, 3.05) is 6.61 Å². The molecule has 15 heavy (non-hydrogen) atoms. The summed E-state index contributed by atoms with van der Waals surface area (Å²) in [4.78, 5) is 21.1. The van der Waals surface area contributed by atoms with Crippen molar-refractivity contribution in [1.82, 2.24) is 0 Å². The van der Waals surface area contributed by atoms with Gasteiger partial charge >= 0.3 is 11.9 Å². The van der Waals surface area contributed by atoms with Crippen LogP contribution < -0.4 is 0 Å². The molecule has 0 aromatic heterocycles. The van der Waals surface area contributed by atoms with Gasteiger partial charge in [0.1, 0.15) is 0 Å². The highest BCUT2D eigenvalue weighted by Gasteiger charge is 2.07. The fourth-order valence-corrected chi connectivity index (χ4v) is 1.28. The molecule has 4 nitrogen and oxygen atoms in total. The zero-order valence-electron chi connectivity index (χ0n) is 9.40. The summed E-state index contributed by atoms with van der Waals surface area (Å²) in [6.45, 7) is 6.53. The summed E-state index contributed by atoms with van der Waals surface area (Å²) in [6, 6.07) is 0. The van der Waals surface area contributed by atoms with Crippen LogP contribution in [-0.4, -0.2) is 23.7 Å². The Kier molecular flexibility index (Phi) is 6.42. The summed E-state index contributed by atoms with van der Waals surface area (Å²) < 4.78 is 4.87. The summed E-state index contributed by atoms with van der Waals surface area (Å²) in [5, 5.41) is 8.26. The summed E-state index contributed by atoms with van der Waals surface area (Å²) in [7, 11) is 0. The summed E-state index contributed by atoms with van der Waals surface area (Å²) >= 11 is 0. The number of hydrogen-bond donors (Lipinski definition) is 1. The van der Waals surface area contributed by atoms with E-state index in [-0.39, 0.29) is 0 Å². The van der Waals surface area contributed by atoms with Crippen LogP contribution in [0.25, 0.3) is 0 Å². The van der Waals surface area contributed by atoms with E-state index in [9.17, 15) is 9.59 Å². The van der Waals surface area contributed by atoms with Crippen LogP contribution in [0.2, 0.25) is 0 Å².